The molecule has 1 aliphatic heterocycles. The second-order valence-electron chi connectivity index (χ2n) is 4.34. The number of nitro groups is 1. The lowest BCUT2D eigenvalue weighted by Crippen LogP contribution is -2.33. The van der Waals surface area contributed by atoms with Crippen LogP contribution in [0.5, 0.6) is 5.75 Å². The third-order valence-corrected chi connectivity index (χ3v) is 3.26. The van der Waals surface area contributed by atoms with Crippen LogP contribution >= 0.6 is 15.9 Å². The molecule has 0 amide bonds. The second kappa shape index (κ2) is 6.08. The molecule has 0 spiro atoms. The van der Waals surface area contributed by atoms with E-state index in [0.717, 1.165) is 0 Å². The average Bonchev–Trinajstić information content (AvgIpc) is 2.37. The van der Waals surface area contributed by atoms with Gasteiger partial charge in [-0.3, -0.25) is 14.9 Å². The minimum atomic E-state index is -0.464. The van der Waals surface area contributed by atoms with Crippen molar-refractivity contribution in [1.29, 1.82) is 0 Å². The van der Waals surface area contributed by atoms with Gasteiger partial charge in [0.2, 0.25) is 0 Å². The van der Waals surface area contributed by atoms with E-state index in [1.807, 2.05) is 0 Å². The largest absolute Gasteiger partial charge is 0.489 e. The molecule has 0 saturated carbocycles. The Labute approximate surface area is 123 Å². The molecule has 1 aromatic rings. The zero-order valence-electron chi connectivity index (χ0n) is 10.7. The number of carbonyl (C=O) groups is 1. The molecule has 0 saturated heterocycles. The maximum atomic E-state index is 11.1. The maximum absolute atomic E-state index is 11.1. The van der Waals surface area contributed by atoms with Gasteiger partial charge in [0.1, 0.15) is 6.61 Å². The van der Waals surface area contributed by atoms with Gasteiger partial charge in [0, 0.05) is 23.9 Å². The normalized spacial score (nSPS) is 16.6. The molecule has 1 atom stereocenters. The minimum absolute atomic E-state index is 0.0495. The van der Waals surface area contributed by atoms with Crippen LogP contribution < -0.4 is 10.1 Å². The van der Waals surface area contributed by atoms with E-state index in [1.54, 1.807) is 6.07 Å². The van der Waals surface area contributed by atoms with Gasteiger partial charge in [-0.15, -0.1) is 0 Å². The summed E-state index contributed by atoms with van der Waals surface area (Å²) in [7, 11) is 0. The fourth-order valence-electron chi connectivity index (χ4n) is 1.91. The van der Waals surface area contributed by atoms with Crippen molar-refractivity contribution in [2.75, 3.05) is 18.5 Å². The van der Waals surface area contributed by atoms with Crippen LogP contribution in [0.15, 0.2) is 16.6 Å². The second-order valence-corrected chi connectivity index (χ2v) is 5.25. The number of halogens is 1. The van der Waals surface area contributed by atoms with E-state index in [9.17, 15) is 14.9 Å². The molecule has 1 N–H and O–H groups in total. The van der Waals surface area contributed by atoms with Crippen LogP contribution in [0.2, 0.25) is 0 Å². The highest BCUT2D eigenvalue weighted by molar-refractivity contribution is 9.10. The molecule has 0 bridgehead atoms. The molecular weight excluding hydrogens is 332 g/mol. The number of ether oxygens (including phenoxy) is 2. The number of nitrogens with one attached hydrogen (secondary N) is 1. The first-order chi connectivity index (χ1) is 9.47. The van der Waals surface area contributed by atoms with Crippen molar-refractivity contribution >= 4 is 33.3 Å². The van der Waals surface area contributed by atoms with Gasteiger partial charge in [-0.25, -0.2) is 0 Å². The Hall–Kier alpha value is -1.83. The lowest BCUT2D eigenvalue weighted by atomic mass is 10.1. The van der Waals surface area contributed by atoms with E-state index in [4.69, 9.17) is 9.47 Å². The Balaban J connectivity index is 2.12. The molecule has 8 heteroatoms. The summed E-state index contributed by atoms with van der Waals surface area (Å²) in [4.78, 5) is 21.3. The smallest absolute Gasteiger partial charge is 0.302 e. The van der Waals surface area contributed by atoms with Crippen molar-refractivity contribution in [2.24, 2.45) is 0 Å². The summed E-state index contributed by atoms with van der Waals surface area (Å²) in [6, 6.07) is 2.96. The summed E-state index contributed by atoms with van der Waals surface area (Å²) in [5.41, 5.74) is 0.309. The maximum Gasteiger partial charge on any atom is 0.302 e. The van der Waals surface area contributed by atoms with Crippen LogP contribution in [0.3, 0.4) is 0 Å². The van der Waals surface area contributed by atoms with E-state index >= 15 is 0 Å². The Morgan fingerprint density at radius 1 is 1.65 bits per heavy atom. The Morgan fingerprint density at radius 2 is 2.40 bits per heavy atom. The molecule has 0 aliphatic carbocycles. The van der Waals surface area contributed by atoms with Crippen molar-refractivity contribution in [2.45, 2.75) is 19.4 Å². The third-order valence-electron chi connectivity index (χ3n) is 2.80. The Morgan fingerprint density at radius 3 is 3.05 bits per heavy atom. The molecule has 2 rings (SSSR count). The average molecular weight is 345 g/mol. The highest BCUT2D eigenvalue weighted by Gasteiger charge is 2.27. The molecule has 0 radical (unpaired) electrons. The van der Waals surface area contributed by atoms with Gasteiger partial charge in [-0.05, 0) is 6.07 Å². The summed E-state index contributed by atoms with van der Waals surface area (Å²) in [5, 5.41) is 14.1. The molecule has 1 aliphatic rings. The number of benzene rings is 1. The molecule has 108 valence electrons. The molecule has 0 aromatic heterocycles. The van der Waals surface area contributed by atoms with Crippen LogP contribution in [0.25, 0.3) is 0 Å². The first-order valence-electron chi connectivity index (χ1n) is 5.98. The molecule has 1 unspecified atom stereocenters. The number of hydrogen-bond donors (Lipinski definition) is 1. The van der Waals surface area contributed by atoms with Crippen LogP contribution in [0, 0.1) is 10.1 Å². The van der Waals surface area contributed by atoms with E-state index in [2.05, 4.69) is 21.2 Å². The van der Waals surface area contributed by atoms with Crippen molar-refractivity contribution in [3.05, 3.63) is 26.7 Å². The molecule has 1 heterocycles. The van der Waals surface area contributed by atoms with E-state index in [0.29, 0.717) is 28.9 Å². The molecule has 20 heavy (non-hydrogen) atoms. The van der Waals surface area contributed by atoms with Crippen molar-refractivity contribution in [3.63, 3.8) is 0 Å². The fourth-order valence-corrected chi connectivity index (χ4v) is 2.33. The van der Waals surface area contributed by atoms with Crippen LogP contribution in [0.4, 0.5) is 11.4 Å². The standard InChI is InChI=1S/C12H13BrN2O5/c1-7(16)19-3-2-9-6-20-11-5-8(13)4-10(15(17)18)12(11)14-9/h4-5,9,14H,2-3,6H2,1H3. The Kier molecular flexibility index (Phi) is 4.43. The summed E-state index contributed by atoms with van der Waals surface area (Å²) in [6.07, 6.45) is 0.520. The third kappa shape index (κ3) is 3.38. The van der Waals surface area contributed by atoms with Crippen LogP contribution in [0.1, 0.15) is 13.3 Å². The fraction of sp³-hybridized carbons (Fsp3) is 0.417. The number of nitrogens with zero attached hydrogens (tertiary/aromatic N) is 1. The molecule has 0 fully saturated rings. The van der Waals surface area contributed by atoms with Gasteiger partial charge in [0.05, 0.1) is 17.6 Å². The van der Waals surface area contributed by atoms with Crippen molar-refractivity contribution in [1.82, 2.24) is 0 Å². The summed E-state index contributed by atoms with van der Waals surface area (Å²) in [6.45, 7) is 1.94. The zero-order valence-corrected chi connectivity index (χ0v) is 12.3. The van der Waals surface area contributed by atoms with E-state index in [-0.39, 0.29) is 24.3 Å². The van der Waals surface area contributed by atoms with Gasteiger partial charge in [-0.1, -0.05) is 15.9 Å². The van der Waals surface area contributed by atoms with Gasteiger partial charge in [0.25, 0.3) is 5.69 Å². The minimum Gasteiger partial charge on any atom is -0.489 e. The quantitative estimate of drug-likeness (QED) is 0.512. The van der Waals surface area contributed by atoms with E-state index < -0.39 is 4.92 Å². The van der Waals surface area contributed by atoms with Crippen LogP contribution in [-0.4, -0.2) is 30.1 Å². The lowest BCUT2D eigenvalue weighted by Gasteiger charge is -2.27. The SMILES string of the molecule is CC(=O)OCCC1COc2cc(Br)cc([N+](=O)[O-])c2N1. The first kappa shape index (κ1) is 14.6. The van der Waals surface area contributed by atoms with Gasteiger partial charge >= 0.3 is 5.97 Å². The van der Waals surface area contributed by atoms with Crippen molar-refractivity contribution in [3.8, 4) is 5.75 Å². The molecular formula is C12H13BrN2O5. The molecule has 1 aromatic carbocycles. The first-order valence-corrected chi connectivity index (χ1v) is 6.77. The van der Waals surface area contributed by atoms with Gasteiger partial charge < -0.3 is 14.8 Å². The number of fused-ring (bicyclic) bond motifs is 1. The van der Waals surface area contributed by atoms with Crippen molar-refractivity contribution < 1.29 is 19.2 Å². The van der Waals surface area contributed by atoms with Gasteiger partial charge in [0.15, 0.2) is 11.4 Å². The summed E-state index contributed by atoms with van der Waals surface area (Å²) >= 11 is 3.21. The number of rotatable bonds is 4. The number of esters is 1. The predicted molar refractivity (Wildman–Crippen MR) is 75.0 cm³/mol. The number of nitro benzene ring substituents is 1. The lowest BCUT2D eigenvalue weighted by molar-refractivity contribution is -0.384. The summed E-state index contributed by atoms with van der Waals surface area (Å²) < 4.78 is 11.0. The van der Waals surface area contributed by atoms with E-state index in [1.165, 1.54) is 13.0 Å². The summed E-state index contributed by atoms with van der Waals surface area (Å²) in [5.74, 6) is 0.0897. The molecule has 7 nitrogen and oxygen atoms in total. The topological polar surface area (TPSA) is 90.7 Å². The monoisotopic (exact) mass is 344 g/mol. The van der Waals surface area contributed by atoms with Gasteiger partial charge in [-0.2, -0.15) is 0 Å². The predicted octanol–water partition coefficient (Wildman–Crippen LogP) is 2.48. The number of hydrogen-bond acceptors (Lipinski definition) is 6. The number of anilines is 1. The zero-order chi connectivity index (χ0) is 14.7. The highest BCUT2D eigenvalue weighted by Crippen LogP contribution is 2.40. The number of carbonyl (C=O) groups excluding carboxylic acids is 1. The highest BCUT2D eigenvalue weighted by atomic mass is 79.9. The Bertz CT molecular complexity index is 549. The van der Waals surface area contributed by atoms with Crippen LogP contribution in [-0.2, 0) is 9.53 Å².